The first-order valence-electron chi connectivity index (χ1n) is 5.76. The molecule has 8 heteroatoms. The van der Waals surface area contributed by atoms with Crippen molar-refractivity contribution in [3.8, 4) is 0 Å². The molecule has 2 rings (SSSR count). The van der Waals surface area contributed by atoms with Crippen LogP contribution in [-0.2, 0) is 0 Å². The number of anilines is 2. The largest absolute Gasteiger partial charge is 0.364 e. The van der Waals surface area contributed by atoms with Crippen molar-refractivity contribution in [2.24, 2.45) is 0 Å². The molecule has 0 spiro atoms. The molecule has 18 heavy (non-hydrogen) atoms. The topological polar surface area (TPSA) is 93.0 Å². The van der Waals surface area contributed by atoms with Gasteiger partial charge in [-0.25, -0.2) is 0 Å². The van der Waals surface area contributed by atoms with Gasteiger partial charge in [0.2, 0.25) is 11.6 Å². The van der Waals surface area contributed by atoms with Crippen molar-refractivity contribution in [1.82, 2.24) is 9.97 Å². The first-order valence-corrected chi connectivity index (χ1v) is 6.99. The Morgan fingerprint density at radius 1 is 1.44 bits per heavy atom. The Bertz CT molecular complexity index is 464. The number of nitrogens with zero attached hydrogens (tertiary/aromatic N) is 3. The quantitative estimate of drug-likeness (QED) is 0.353. The van der Waals surface area contributed by atoms with Gasteiger partial charge in [0.05, 0.1) is 4.92 Å². The van der Waals surface area contributed by atoms with Gasteiger partial charge in [-0.3, -0.25) is 10.1 Å². The van der Waals surface area contributed by atoms with E-state index in [4.69, 9.17) is 0 Å². The lowest BCUT2D eigenvalue weighted by atomic mass is 10.4. The van der Waals surface area contributed by atoms with E-state index in [1.54, 1.807) is 0 Å². The van der Waals surface area contributed by atoms with Crippen molar-refractivity contribution < 1.29 is 4.92 Å². The molecular formula is C10H15N5O2S. The standard InChI is InChI=1S/C10H15N5O2S/c1-3-11-8-7(15(16)17)9(12-6-4-5-6)14-10(13-8)18-2/h6H,3-5H2,1-2H3,(H2,11,12,13,14). The van der Waals surface area contributed by atoms with E-state index >= 15 is 0 Å². The van der Waals surface area contributed by atoms with Crippen molar-refractivity contribution in [3.05, 3.63) is 10.1 Å². The van der Waals surface area contributed by atoms with Gasteiger partial charge in [0, 0.05) is 12.6 Å². The third-order valence-electron chi connectivity index (χ3n) is 2.49. The molecule has 1 aromatic heterocycles. The highest BCUT2D eigenvalue weighted by Gasteiger charge is 2.29. The maximum Gasteiger partial charge on any atom is 0.353 e. The fraction of sp³-hybridized carbons (Fsp3) is 0.600. The average molecular weight is 269 g/mol. The molecule has 1 aromatic rings. The lowest BCUT2D eigenvalue weighted by Gasteiger charge is -2.10. The summed E-state index contributed by atoms with van der Waals surface area (Å²) >= 11 is 1.37. The minimum absolute atomic E-state index is 0.0680. The summed E-state index contributed by atoms with van der Waals surface area (Å²) in [5.41, 5.74) is -0.0680. The number of nitro groups is 1. The van der Waals surface area contributed by atoms with Crippen LogP contribution >= 0.6 is 11.8 Å². The van der Waals surface area contributed by atoms with E-state index in [2.05, 4.69) is 20.6 Å². The summed E-state index contributed by atoms with van der Waals surface area (Å²) < 4.78 is 0. The molecule has 1 aliphatic carbocycles. The second-order valence-corrected chi connectivity index (χ2v) is 4.74. The van der Waals surface area contributed by atoms with Gasteiger partial charge in [-0.05, 0) is 26.0 Å². The Hall–Kier alpha value is -1.57. The second kappa shape index (κ2) is 5.38. The first kappa shape index (κ1) is 12.9. The molecule has 0 atom stereocenters. The molecule has 0 unspecified atom stereocenters. The molecule has 1 heterocycles. The predicted octanol–water partition coefficient (Wildman–Crippen LogP) is 2.11. The SMILES string of the molecule is CCNc1nc(SC)nc(NC2CC2)c1[N+](=O)[O-]. The van der Waals surface area contributed by atoms with Crippen molar-refractivity contribution in [1.29, 1.82) is 0 Å². The summed E-state index contributed by atoms with van der Waals surface area (Å²) in [7, 11) is 0. The molecule has 98 valence electrons. The molecule has 0 aromatic carbocycles. The van der Waals surface area contributed by atoms with Crippen LogP contribution in [0.2, 0.25) is 0 Å². The zero-order valence-electron chi connectivity index (χ0n) is 10.3. The number of hydrogen-bond acceptors (Lipinski definition) is 7. The first-order chi connectivity index (χ1) is 8.65. The van der Waals surface area contributed by atoms with Crippen molar-refractivity contribution in [2.45, 2.75) is 31.0 Å². The Balaban J connectivity index is 2.44. The minimum atomic E-state index is -0.438. The summed E-state index contributed by atoms with van der Waals surface area (Å²) in [6, 6.07) is 0.308. The van der Waals surface area contributed by atoms with E-state index in [1.165, 1.54) is 11.8 Å². The fourth-order valence-electron chi connectivity index (χ4n) is 1.51. The molecule has 2 N–H and O–H groups in total. The molecule has 7 nitrogen and oxygen atoms in total. The van der Waals surface area contributed by atoms with Crippen molar-refractivity contribution in [3.63, 3.8) is 0 Å². The van der Waals surface area contributed by atoms with E-state index < -0.39 is 4.92 Å². The monoisotopic (exact) mass is 269 g/mol. The van der Waals surface area contributed by atoms with Crippen LogP contribution in [0.5, 0.6) is 0 Å². The van der Waals surface area contributed by atoms with Gasteiger partial charge in [0.25, 0.3) is 0 Å². The third kappa shape index (κ3) is 2.81. The second-order valence-electron chi connectivity index (χ2n) is 3.96. The van der Waals surface area contributed by atoms with Crippen LogP contribution in [0, 0.1) is 10.1 Å². The molecular weight excluding hydrogens is 254 g/mol. The predicted molar refractivity (Wildman–Crippen MR) is 71.3 cm³/mol. The van der Waals surface area contributed by atoms with Crippen molar-refractivity contribution in [2.75, 3.05) is 23.4 Å². The Morgan fingerprint density at radius 3 is 2.61 bits per heavy atom. The number of rotatable bonds is 6. The van der Waals surface area contributed by atoms with E-state index in [0.717, 1.165) is 12.8 Å². The van der Waals surface area contributed by atoms with Gasteiger partial charge in [-0.15, -0.1) is 0 Å². The van der Waals surface area contributed by atoms with Gasteiger partial charge in [-0.2, -0.15) is 9.97 Å². The number of thioether (sulfide) groups is 1. The van der Waals surface area contributed by atoms with E-state index in [0.29, 0.717) is 23.6 Å². The molecule has 0 radical (unpaired) electrons. The van der Waals surface area contributed by atoms with Gasteiger partial charge >= 0.3 is 5.69 Å². The number of aromatic nitrogens is 2. The van der Waals surface area contributed by atoms with Crippen LogP contribution in [0.15, 0.2) is 5.16 Å². The summed E-state index contributed by atoms with van der Waals surface area (Å²) in [5, 5.41) is 17.7. The summed E-state index contributed by atoms with van der Waals surface area (Å²) in [6.45, 7) is 2.45. The zero-order valence-corrected chi connectivity index (χ0v) is 11.1. The average Bonchev–Trinajstić information content (AvgIpc) is 3.12. The van der Waals surface area contributed by atoms with Gasteiger partial charge in [0.1, 0.15) is 0 Å². The lowest BCUT2D eigenvalue weighted by Crippen LogP contribution is -2.12. The smallest absolute Gasteiger partial charge is 0.353 e. The number of hydrogen-bond donors (Lipinski definition) is 2. The summed E-state index contributed by atoms with van der Waals surface area (Å²) in [5.74, 6) is 0.600. The maximum absolute atomic E-state index is 11.2. The highest BCUT2D eigenvalue weighted by atomic mass is 32.2. The Kier molecular flexibility index (Phi) is 3.85. The molecule has 0 bridgehead atoms. The van der Waals surface area contributed by atoms with Crippen LogP contribution in [0.25, 0.3) is 0 Å². The van der Waals surface area contributed by atoms with Crippen LogP contribution < -0.4 is 10.6 Å². The maximum atomic E-state index is 11.2. The van der Waals surface area contributed by atoms with Crippen molar-refractivity contribution >= 4 is 29.1 Å². The number of nitrogens with one attached hydrogen (secondary N) is 2. The van der Waals surface area contributed by atoms with Crippen LogP contribution in [-0.4, -0.2) is 33.7 Å². The molecule has 1 fully saturated rings. The normalized spacial score (nSPS) is 14.3. The van der Waals surface area contributed by atoms with E-state index in [9.17, 15) is 10.1 Å². The van der Waals surface area contributed by atoms with E-state index in [1.807, 2.05) is 13.2 Å². The third-order valence-corrected chi connectivity index (χ3v) is 3.04. The van der Waals surface area contributed by atoms with Gasteiger partial charge in [0.15, 0.2) is 5.16 Å². The lowest BCUT2D eigenvalue weighted by molar-refractivity contribution is -0.383. The van der Waals surface area contributed by atoms with Crippen LogP contribution in [0.4, 0.5) is 17.3 Å². The zero-order chi connectivity index (χ0) is 13.1. The van der Waals surface area contributed by atoms with Crippen LogP contribution in [0.3, 0.4) is 0 Å². The van der Waals surface area contributed by atoms with E-state index in [-0.39, 0.29) is 11.5 Å². The summed E-state index contributed by atoms with van der Waals surface area (Å²) in [4.78, 5) is 19.1. The molecule has 0 aliphatic heterocycles. The van der Waals surface area contributed by atoms with Gasteiger partial charge < -0.3 is 10.6 Å². The van der Waals surface area contributed by atoms with Crippen LogP contribution in [0.1, 0.15) is 19.8 Å². The Labute approximate surface area is 109 Å². The molecule has 0 amide bonds. The highest BCUT2D eigenvalue weighted by Crippen LogP contribution is 2.35. The Morgan fingerprint density at radius 2 is 2.11 bits per heavy atom. The highest BCUT2D eigenvalue weighted by molar-refractivity contribution is 7.98. The fourth-order valence-corrected chi connectivity index (χ4v) is 1.88. The minimum Gasteiger partial charge on any atom is -0.364 e. The summed E-state index contributed by atoms with van der Waals surface area (Å²) in [6.07, 6.45) is 3.91. The van der Waals surface area contributed by atoms with Gasteiger partial charge in [-0.1, -0.05) is 11.8 Å². The molecule has 0 saturated heterocycles. The molecule has 1 aliphatic rings. The molecule has 1 saturated carbocycles.